The summed E-state index contributed by atoms with van der Waals surface area (Å²) in [5.74, 6) is -1.34. The molecule has 5 heteroatoms. The second kappa shape index (κ2) is 7.11. The zero-order chi connectivity index (χ0) is 15.4. The highest BCUT2D eigenvalue weighted by Gasteiger charge is 2.17. The molecule has 0 bridgehead atoms. The number of hydrogen-bond donors (Lipinski definition) is 1. The van der Waals surface area contributed by atoms with Crippen LogP contribution in [0.25, 0.3) is 0 Å². The third-order valence-electron chi connectivity index (χ3n) is 3.18. The van der Waals surface area contributed by atoms with E-state index in [0.29, 0.717) is 12.2 Å². The quantitative estimate of drug-likeness (QED) is 0.815. The fourth-order valence-corrected chi connectivity index (χ4v) is 2.50. The van der Waals surface area contributed by atoms with Gasteiger partial charge in [-0.15, -0.1) is 0 Å². The lowest BCUT2D eigenvalue weighted by Gasteiger charge is -2.14. The van der Waals surface area contributed by atoms with E-state index in [1.54, 1.807) is 25.3 Å². The van der Waals surface area contributed by atoms with Crippen molar-refractivity contribution in [2.75, 3.05) is 7.11 Å². The highest BCUT2D eigenvalue weighted by atomic mass is 79.9. The Morgan fingerprint density at radius 3 is 2.71 bits per heavy atom. The van der Waals surface area contributed by atoms with Crippen molar-refractivity contribution in [2.24, 2.45) is 0 Å². The van der Waals surface area contributed by atoms with Crippen LogP contribution in [0.1, 0.15) is 22.8 Å². The summed E-state index contributed by atoms with van der Waals surface area (Å²) in [6.07, 6.45) is -1.12. The Morgan fingerprint density at radius 2 is 2.00 bits per heavy atom. The minimum absolute atomic E-state index is 0.131. The van der Waals surface area contributed by atoms with Crippen LogP contribution in [0.15, 0.2) is 40.9 Å². The van der Waals surface area contributed by atoms with E-state index in [9.17, 15) is 13.9 Å². The molecule has 0 aliphatic rings. The van der Waals surface area contributed by atoms with Crippen molar-refractivity contribution < 1.29 is 18.6 Å². The molecule has 112 valence electrons. The molecule has 0 heterocycles. The van der Waals surface area contributed by atoms with Crippen LogP contribution < -0.4 is 0 Å². The second-order valence-corrected chi connectivity index (χ2v) is 5.57. The molecule has 2 rings (SSSR count). The summed E-state index contributed by atoms with van der Waals surface area (Å²) in [4.78, 5) is 0. The van der Waals surface area contributed by atoms with E-state index < -0.39 is 17.7 Å². The number of rotatable bonds is 5. The summed E-state index contributed by atoms with van der Waals surface area (Å²) in [6, 6.07) is 9.61. The lowest BCUT2D eigenvalue weighted by Crippen LogP contribution is -2.07. The molecule has 1 unspecified atom stereocenters. The number of hydrogen-bond acceptors (Lipinski definition) is 2. The van der Waals surface area contributed by atoms with Gasteiger partial charge in [-0.1, -0.05) is 24.3 Å². The minimum Gasteiger partial charge on any atom is -0.388 e. The van der Waals surface area contributed by atoms with Gasteiger partial charge in [0, 0.05) is 19.1 Å². The van der Waals surface area contributed by atoms with Gasteiger partial charge in [-0.3, -0.25) is 0 Å². The number of benzene rings is 2. The van der Waals surface area contributed by atoms with Gasteiger partial charge >= 0.3 is 0 Å². The molecular weight excluding hydrogens is 342 g/mol. The summed E-state index contributed by atoms with van der Waals surface area (Å²) >= 11 is 3.02. The molecule has 0 radical (unpaired) electrons. The molecule has 0 amide bonds. The van der Waals surface area contributed by atoms with E-state index in [4.69, 9.17) is 4.74 Å². The molecule has 1 atom stereocenters. The van der Waals surface area contributed by atoms with Crippen LogP contribution in [0, 0.1) is 11.6 Å². The van der Waals surface area contributed by atoms with Crippen molar-refractivity contribution in [1.29, 1.82) is 0 Å². The second-order valence-electron chi connectivity index (χ2n) is 4.72. The van der Waals surface area contributed by atoms with Crippen LogP contribution in [0.4, 0.5) is 8.78 Å². The standard InChI is InChI=1S/C16H15BrF2O2/c1-21-9-10-3-2-4-11(7-10)15(20)8-12-14(18)6-5-13(17)16(12)19/h2-7,15,20H,8-9H2,1H3. The third-order valence-corrected chi connectivity index (χ3v) is 3.80. The van der Waals surface area contributed by atoms with Crippen LogP contribution in [-0.2, 0) is 17.8 Å². The van der Waals surface area contributed by atoms with Gasteiger partial charge in [0.05, 0.1) is 17.2 Å². The molecule has 2 nitrogen and oxygen atoms in total. The number of aliphatic hydroxyl groups is 1. The Morgan fingerprint density at radius 1 is 1.24 bits per heavy atom. The molecule has 0 spiro atoms. The van der Waals surface area contributed by atoms with Crippen molar-refractivity contribution in [2.45, 2.75) is 19.1 Å². The molecule has 21 heavy (non-hydrogen) atoms. The SMILES string of the molecule is COCc1cccc(C(O)Cc2c(F)ccc(Br)c2F)c1. The number of aliphatic hydroxyl groups excluding tert-OH is 1. The molecule has 0 saturated carbocycles. The summed E-state index contributed by atoms with van der Waals surface area (Å²) in [6.45, 7) is 0.417. The van der Waals surface area contributed by atoms with E-state index in [1.807, 2.05) is 6.07 Å². The summed E-state index contributed by atoms with van der Waals surface area (Å²) < 4.78 is 32.8. The maximum atomic E-state index is 13.9. The number of halogens is 3. The average molecular weight is 357 g/mol. The smallest absolute Gasteiger partial charge is 0.143 e. The Balaban J connectivity index is 2.24. The molecular formula is C16H15BrF2O2. The Hall–Kier alpha value is -1.30. The van der Waals surface area contributed by atoms with Gasteiger partial charge < -0.3 is 9.84 Å². The van der Waals surface area contributed by atoms with Gasteiger partial charge in [0.1, 0.15) is 11.6 Å². The van der Waals surface area contributed by atoms with Gasteiger partial charge in [0.15, 0.2) is 0 Å². The van der Waals surface area contributed by atoms with E-state index in [2.05, 4.69) is 15.9 Å². The normalized spacial score (nSPS) is 12.4. The van der Waals surface area contributed by atoms with Crippen molar-refractivity contribution in [3.63, 3.8) is 0 Å². The Kier molecular flexibility index (Phi) is 5.45. The van der Waals surface area contributed by atoms with Crippen molar-refractivity contribution >= 4 is 15.9 Å². The highest BCUT2D eigenvalue weighted by Crippen LogP contribution is 2.27. The predicted octanol–water partition coefficient (Wildman–Crippen LogP) is 4.15. The first-order valence-corrected chi connectivity index (χ1v) is 7.20. The lowest BCUT2D eigenvalue weighted by molar-refractivity contribution is 0.173. The maximum Gasteiger partial charge on any atom is 0.143 e. The molecule has 2 aromatic carbocycles. The monoisotopic (exact) mass is 356 g/mol. The summed E-state index contributed by atoms with van der Waals surface area (Å²) in [5, 5.41) is 10.2. The van der Waals surface area contributed by atoms with Crippen molar-refractivity contribution in [1.82, 2.24) is 0 Å². The van der Waals surface area contributed by atoms with Gasteiger partial charge in [-0.25, -0.2) is 8.78 Å². The van der Waals surface area contributed by atoms with Crippen LogP contribution in [0.2, 0.25) is 0 Å². The topological polar surface area (TPSA) is 29.5 Å². The van der Waals surface area contributed by atoms with Gasteiger partial charge in [0.2, 0.25) is 0 Å². The molecule has 0 saturated heterocycles. The van der Waals surface area contributed by atoms with Crippen LogP contribution >= 0.6 is 15.9 Å². The largest absolute Gasteiger partial charge is 0.388 e. The molecule has 0 aliphatic heterocycles. The first kappa shape index (κ1) is 16.1. The summed E-state index contributed by atoms with van der Waals surface area (Å²) in [7, 11) is 1.58. The van der Waals surface area contributed by atoms with Crippen molar-refractivity contribution in [3.8, 4) is 0 Å². The molecule has 0 fully saturated rings. The molecule has 2 aromatic rings. The zero-order valence-corrected chi connectivity index (χ0v) is 13.0. The highest BCUT2D eigenvalue weighted by molar-refractivity contribution is 9.10. The fourth-order valence-electron chi connectivity index (χ4n) is 2.12. The molecule has 0 aromatic heterocycles. The van der Waals surface area contributed by atoms with Gasteiger partial charge in [-0.05, 0) is 39.2 Å². The first-order valence-electron chi connectivity index (χ1n) is 6.41. The lowest BCUT2D eigenvalue weighted by atomic mass is 9.99. The van der Waals surface area contributed by atoms with Gasteiger partial charge in [0.25, 0.3) is 0 Å². The van der Waals surface area contributed by atoms with E-state index in [-0.39, 0.29) is 16.5 Å². The first-order chi connectivity index (χ1) is 10.0. The predicted molar refractivity (Wildman–Crippen MR) is 79.9 cm³/mol. The molecule has 1 N–H and O–H groups in total. The minimum atomic E-state index is -0.986. The Bertz CT molecular complexity index is 632. The van der Waals surface area contributed by atoms with Crippen LogP contribution in [0.3, 0.4) is 0 Å². The fraction of sp³-hybridized carbons (Fsp3) is 0.250. The molecule has 0 aliphatic carbocycles. The van der Waals surface area contributed by atoms with Crippen LogP contribution in [0.5, 0.6) is 0 Å². The van der Waals surface area contributed by atoms with E-state index >= 15 is 0 Å². The number of ether oxygens (including phenoxy) is 1. The van der Waals surface area contributed by atoms with Gasteiger partial charge in [-0.2, -0.15) is 0 Å². The maximum absolute atomic E-state index is 13.9. The number of methoxy groups -OCH3 is 1. The average Bonchev–Trinajstić information content (AvgIpc) is 2.48. The van der Waals surface area contributed by atoms with Crippen LogP contribution in [-0.4, -0.2) is 12.2 Å². The third kappa shape index (κ3) is 3.87. The van der Waals surface area contributed by atoms with E-state index in [1.165, 1.54) is 12.1 Å². The van der Waals surface area contributed by atoms with Crippen molar-refractivity contribution in [3.05, 3.63) is 69.2 Å². The van der Waals surface area contributed by atoms with E-state index in [0.717, 1.165) is 5.56 Å². The summed E-state index contributed by atoms with van der Waals surface area (Å²) in [5.41, 5.74) is 1.36. The zero-order valence-electron chi connectivity index (χ0n) is 11.4. The Labute approximate surface area is 130 Å².